The van der Waals surface area contributed by atoms with Gasteiger partial charge >= 0.3 is 24.1 Å². The lowest BCUT2D eigenvalue weighted by atomic mass is 9.92. The van der Waals surface area contributed by atoms with E-state index in [1.165, 1.54) is 18.2 Å². The minimum Gasteiger partial charge on any atom is -0.442 e. The van der Waals surface area contributed by atoms with Crippen LogP contribution < -0.4 is 10.6 Å². The van der Waals surface area contributed by atoms with Crippen molar-refractivity contribution in [2.75, 3.05) is 17.3 Å². The molecule has 2 aromatic carbocycles. The van der Waals surface area contributed by atoms with Crippen molar-refractivity contribution in [2.45, 2.75) is 70.7 Å². The Kier molecular flexibility index (Phi) is 11.0. The van der Waals surface area contributed by atoms with Crippen LogP contribution in [0.15, 0.2) is 40.8 Å². The van der Waals surface area contributed by atoms with Crippen molar-refractivity contribution in [2.24, 2.45) is 4.36 Å². The Labute approximate surface area is 257 Å². The lowest BCUT2D eigenvalue weighted by molar-refractivity contribution is -0.348. The zero-order valence-electron chi connectivity index (χ0n) is 24.7. The van der Waals surface area contributed by atoms with Crippen LogP contribution in [0.3, 0.4) is 0 Å². The number of nitrogens with one attached hydrogen (secondary N) is 2. The molecule has 0 heterocycles. The summed E-state index contributed by atoms with van der Waals surface area (Å²) in [6.45, 7) is 9.41. The summed E-state index contributed by atoms with van der Waals surface area (Å²) in [6.07, 6.45) is -11.7. The maximum atomic E-state index is 14.5. The first-order valence-electron chi connectivity index (χ1n) is 12.7. The molecule has 0 aromatic heterocycles. The summed E-state index contributed by atoms with van der Waals surface area (Å²) in [5.74, 6) is -1.56. The van der Waals surface area contributed by atoms with Crippen LogP contribution in [0.2, 0.25) is 5.02 Å². The summed E-state index contributed by atoms with van der Waals surface area (Å²) in [5.41, 5.74) is -10.2. The number of amides is 3. The average molecular weight is 674 g/mol. The van der Waals surface area contributed by atoms with Gasteiger partial charge < -0.3 is 15.4 Å². The van der Waals surface area contributed by atoms with Gasteiger partial charge in [-0.3, -0.25) is 9.59 Å². The number of carbonyl (C=O) groups is 3. The third kappa shape index (κ3) is 8.93. The summed E-state index contributed by atoms with van der Waals surface area (Å²) in [6, 6.07) is 5.20. The van der Waals surface area contributed by atoms with Crippen LogP contribution >= 0.6 is 11.6 Å². The number of carbonyl (C=O) groups excluding carboxylic acids is 3. The third-order valence-corrected chi connectivity index (χ3v) is 7.70. The summed E-state index contributed by atoms with van der Waals surface area (Å²) < 4.78 is 103. The third-order valence-electron chi connectivity index (χ3n) is 5.78. The van der Waals surface area contributed by atoms with Crippen LogP contribution in [0, 0.1) is 6.92 Å². The highest BCUT2D eigenvalue weighted by Crippen LogP contribution is 2.53. The van der Waals surface area contributed by atoms with E-state index in [4.69, 9.17) is 16.3 Å². The molecule has 0 fully saturated rings. The first kappa shape index (κ1) is 37.0. The van der Waals surface area contributed by atoms with E-state index < -0.39 is 63.3 Å². The van der Waals surface area contributed by atoms with Crippen LogP contribution in [0.5, 0.6) is 0 Å². The minimum atomic E-state index is -6.30. The molecule has 1 atom stereocenters. The second-order valence-electron chi connectivity index (χ2n) is 11.5. The second kappa shape index (κ2) is 13.0. The number of hydrogen-bond donors (Lipinski definition) is 2. The molecule has 2 rings (SSSR count). The van der Waals surface area contributed by atoms with E-state index >= 15 is 0 Å². The van der Waals surface area contributed by atoms with Crippen molar-refractivity contribution in [1.82, 2.24) is 5.32 Å². The number of aryl methyl sites for hydroxylation is 1. The van der Waals surface area contributed by atoms with Gasteiger partial charge in [-0.2, -0.15) is 30.7 Å². The number of halogens is 8. The van der Waals surface area contributed by atoms with Crippen molar-refractivity contribution in [1.29, 1.82) is 0 Å². The lowest BCUT2D eigenvalue weighted by Crippen LogP contribution is -2.50. The monoisotopic (exact) mass is 673 g/mol. The van der Waals surface area contributed by atoms with E-state index in [1.54, 1.807) is 40.9 Å². The number of anilines is 1. The number of rotatable bonds is 7. The molecule has 0 aliphatic heterocycles. The van der Waals surface area contributed by atoms with Gasteiger partial charge in [-0.25, -0.2) is 9.18 Å². The molecule has 0 radical (unpaired) electrons. The highest BCUT2D eigenvalue weighted by atomic mass is 35.5. The second-order valence-corrected chi connectivity index (χ2v) is 13.5. The van der Waals surface area contributed by atoms with E-state index in [-0.39, 0.29) is 39.2 Å². The van der Waals surface area contributed by atoms with Crippen molar-refractivity contribution in [3.63, 3.8) is 0 Å². The Balaban J connectivity index is 2.34. The first-order chi connectivity index (χ1) is 19.8. The van der Waals surface area contributed by atoms with Gasteiger partial charge in [0.25, 0.3) is 11.8 Å². The van der Waals surface area contributed by atoms with Crippen LogP contribution in [-0.4, -0.2) is 53.4 Å². The molecule has 3 amide bonds. The molecule has 44 heavy (non-hydrogen) atoms. The molecule has 1 unspecified atom stereocenters. The summed E-state index contributed by atoms with van der Waals surface area (Å²) in [4.78, 5) is 38.5. The van der Waals surface area contributed by atoms with Gasteiger partial charge in [0, 0.05) is 22.5 Å². The van der Waals surface area contributed by atoms with Crippen molar-refractivity contribution < 1.29 is 49.9 Å². The summed E-state index contributed by atoms with van der Waals surface area (Å²) in [5, 5.41) is 4.90. The van der Waals surface area contributed by atoms with Gasteiger partial charge in [-0.15, -0.1) is 0 Å². The van der Waals surface area contributed by atoms with E-state index in [1.807, 2.05) is 0 Å². The molecular formula is C28H31ClF7N3O4S. The maximum Gasteiger partial charge on any atom is 0.440 e. The van der Waals surface area contributed by atoms with Gasteiger partial charge in [-0.05, 0) is 71.6 Å². The molecule has 0 saturated carbocycles. The van der Waals surface area contributed by atoms with E-state index in [2.05, 4.69) is 15.0 Å². The largest absolute Gasteiger partial charge is 0.442 e. The number of alkyl halides is 7. The molecule has 0 aliphatic carbocycles. The lowest BCUT2D eigenvalue weighted by Gasteiger charge is -2.30. The molecule has 0 aliphatic rings. The molecule has 244 valence electrons. The zero-order chi connectivity index (χ0) is 34.1. The quantitative estimate of drug-likeness (QED) is 0.291. The normalized spacial score (nSPS) is 13.8. The highest BCUT2D eigenvalue weighted by molar-refractivity contribution is 7.86. The van der Waals surface area contributed by atoms with Gasteiger partial charge in [0.05, 0.1) is 16.1 Å². The number of hydrogen-bond acceptors (Lipinski definition) is 4. The molecule has 2 N–H and O–H groups in total. The standard InChI is InChI=1S/C28H31ClF7N3O4S/c1-15-13-16(26(30,27(31,32)33)28(34,35)36)11-12-19(15)37-21(40)17-9-8-10-18(29)20(17)22(41)38-25(5,6)14-44(7)39-23(42)43-24(2,3)4/h8-13H,14H2,1-7H3,(H,37,40)(H,38,41). The van der Waals surface area contributed by atoms with E-state index in [0.717, 1.165) is 6.92 Å². The molecule has 7 nitrogen and oxygen atoms in total. The van der Waals surface area contributed by atoms with Crippen molar-refractivity contribution >= 4 is 45.9 Å². The van der Waals surface area contributed by atoms with Gasteiger partial charge in [0.1, 0.15) is 5.60 Å². The number of benzene rings is 2. The average Bonchev–Trinajstić information content (AvgIpc) is 2.80. The summed E-state index contributed by atoms with van der Waals surface area (Å²) in [7, 11) is -0.890. The number of ether oxygens (including phenoxy) is 1. The molecule has 0 saturated heterocycles. The van der Waals surface area contributed by atoms with Crippen LogP contribution in [0.25, 0.3) is 0 Å². The summed E-state index contributed by atoms with van der Waals surface area (Å²) >= 11 is 6.25. The fourth-order valence-corrected chi connectivity index (χ4v) is 5.74. The fraction of sp³-hybridized carbons (Fsp3) is 0.464. The van der Waals surface area contributed by atoms with Crippen LogP contribution in [0.1, 0.15) is 66.5 Å². The van der Waals surface area contributed by atoms with Gasteiger partial charge in [0.15, 0.2) is 0 Å². The van der Waals surface area contributed by atoms with Gasteiger partial charge in [-0.1, -0.05) is 40.5 Å². The van der Waals surface area contributed by atoms with Gasteiger partial charge in [0.2, 0.25) is 0 Å². The Bertz CT molecular complexity index is 1450. The maximum absolute atomic E-state index is 14.5. The van der Waals surface area contributed by atoms with Crippen molar-refractivity contribution in [3.8, 4) is 0 Å². The van der Waals surface area contributed by atoms with E-state index in [0.29, 0.717) is 12.1 Å². The zero-order valence-corrected chi connectivity index (χ0v) is 26.3. The topological polar surface area (TPSA) is 96.9 Å². The number of nitrogens with zero attached hydrogens (tertiary/aromatic N) is 1. The Morgan fingerprint density at radius 3 is 1.98 bits per heavy atom. The Morgan fingerprint density at radius 1 is 0.909 bits per heavy atom. The first-order valence-corrected chi connectivity index (χ1v) is 14.9. The molecule has 2 aromatic rings. The Morgan fingerprint density at radius 2 is 1.48 bits per heavy atom. The van der Waals surface area contributed by atoms with Crippen molar-refractivity contribution in [3.05, 3.63) is 63.7 Å². The van der Waals surface area contributed by atoms with Crippen LogP contribution in [0.4, 0.5) is 41.2 Å². The molecule has 0 bridgehead atoms. The highest BCUT2D eigenvalue weighted by Gasteiger charge is 2.73. The minimum absolute atomic E-state index is 0.135. The molecule has 16 heteroatoms. The smallest absolute Gasteiger partial charge is 0.440 e. The predicted octanol–water partition coefficient (Wildman–Crippen LogP) is 8.07. The SMILES string of the molecule is Cc1cc(C(F)(C(F)(F)F)C(F)(F)F)ccc1NC(=O)c1cccc(Cl)c1C(=O)NC(C)(C)C/S(C)=N/C(=O)OC(C)(C)C. The predicted molar refractivity (Wildman–Crippen MR) is 154 cm³/mol. The molecular weight excluding hydrogens is 643 g/mol. The molecule has 0 spiro atoms. The van der Waals surface area contributed by atoms with E-state index in [9.17, 15) is 45.1 Å². The van der Waals surface area contributed by atoms with Crippen LogP contribution in [-0.2, 0) is 21.1 Å². The fourth-order valence-electron chi connectivity index (χ4n) is 4.01. The Hall–Kier alpha value is -3.20.